The van der Waals surface area contributed by atoms with Gasteiger partial charge in [-0.2, -0.15) is 0 Å². The van der Waals surface area contributed by atoms with Crippen LogP contribution in [0.15, 0.2) is 34.2 Å². The maximum absolute atomic E-state index is 11.9. The first-order valence-electron chi connectivity index (χ1n) is 7.47. The van der Waals surface area contributed by atoms with Gasteiger partial charge < -0.3 is 9.73 Å². The van der Waals surface area contributed by atoms with Gasteiger partial charge in [-0.05, 0) is 25.0 Å². The van der Waals surface area contributed by atoms with Crippen molar-refractivity contribution in [2.24, 2.45) is 0 Å². The van der Waals surface area contributed by atoms with Crippen molar-refractivity contribution in [3.05, 3.63) is 24.5 Å². The smallest absolute Gasteiger partial charge is 0.277 e. The van der Waals surface area contributed by atoms with Crippen LogP contribution in [0.1, 0.15) is 32.1 Å². The van der Waals surface area contributed by atoms with Gasteiger partial charge in [-0.1, -0.05) is 31.0 Å². The van der Waals surface area contributed by atoms with Gasteiger partial charge in [0.1, 0.15) is 0 Å². The maximum Gasteiger partial charge on any atom is 0.277 e. The third-order valence-corrected chi connectivity index (χ3v) is 4.43. The third-order valence-electron chi connectivity index (χ3n) is 3.61. The monoisotopic (exact) mass is 318 g/mol. The van der Waals surface area contributed by atoms with Crippen molar-refractivity contribution in [2.75, 3.05) is 5.75 Å². The molecule has 0 spiro atoms. The van der Waals surface area contributed by atoms with Gasteiger partial charge >= 0.3 is 0 Å². The van der Waals surface area contributed by atoms with Gasteiger partial charge in [-0.25, -0.2) is 0 Å². The molecular weight excluding hydrogens is 300 g/mol. The fraction of sp³-hybridized carbons (Fsp3) is 0.467. The summed E-state index contributed by atoms with van der Waals surface area (Å²) >= 11 is 1.26. The Kier molecular flexibility index (Phi) is 5.05. The van der Waals surface area contributed by atoms with E-state index in [1.165, 1.54) is 31.0 Å². The lowest BCUT2D eigenvalue weighted by molar-refractivity contribution is -0.119. The molecule has 2 aromatic heterocycles. The molecule has 0 aromatic carbocycles. The van der Waals surface area contributed by atoms with Gasteiger partial charge in [0.25, 0.3) is 5.22 Å². The van der Waals surface area contributed by atoms with Gasteiger partial charge in [-0.3, -0.25) is 9.78 Å². The molecule has 6 nitrogen and oxygen atoms in total. The Labute approximate surface area is 133 Å². The fourth-order valence-electron chi connectivity index (χ4n) is 2.52. The molecule has 0 aliphatic heterocycles. The molecule has 116 valence electrons. The SMILES string of the molecule is O=C(CSc1nnc(-c2cccnc2)o1)NC1CCCCC1. The van der Waals surface area contributed by atoms with E-state index in [9.17, 15) is 4.79 Å². The van der Waals surface area contributed by atoms with Crippen molar-refractivity contribution in [3.63, 3.8) is 0 Å². The van der Waals surface area contributed by atoms with E-state index in [0.717, 1.165) is 18.4 Å². The minimum absolute atomic E-state index is 0.0260. The van der Waals surface area contributed by atoms with Crippen LogP contribution in [-0.2, 0) is 4.79 Å². The Morgan fingerprint density at radius 2 is 2.18 bits per heavy atom. The van der Waals surface area contributed by atoms with E-state index >= 15 is 0 Å². The molecule has 3 rings (SSSR count). The molecular formula is C15H18N4O2S. The summed E-state index contributed by atoms with van der Waals surface area (Å²) in [5, 5.41) is 11.4. The molecule has 1 aliphatic carbocycles. The zero-order chi connectivity index (χ0) is 15.2. The lowest BCUT2D eigenvalue weighted by Crippen LogP contribution is -2.37. The standard InChI is InChI=1S/C15H18N4O2S/c20-13(17-12-6-2-1-3-7-12)10-22-15-19-18-14(21-15)11-5-4-8-16-9-11/h4-5,8-9,12H,1-3,6-7,10H2,(H,17,20). The number of thioether (sulfide) groups is 1. The average Bonchev–Trinajstić information content (AvgIpc) is 3.04. The van der Waals surface area contributed by atoms with Crippen LogP contribution >= 0.6 is 11.8 Å². The number of aromatic nitrogens is 3. The minimum Gasteiger partial charge on any atom is -0.411 e. The number of hydrogen-bond acceptors (Lipinski definition) is 6. The summed E-state index contributed by atoms with van der Waals surface area (Å²) in [4.78, 5) is 15.9. The van der Waals surface area contributed by atoms with Crippen LogP contribution in [0, 0.1) is 0 Å². The third kappa shape index (κ3) is 4.07. The minimum atomic E-state index is 0.0260. The van der Waals surface area contributed by atoms with E-state index in [1.807, 2.05) is 12.1 Å². The molecule has 0 bridgehead atoms. The fourth-order valence-corrected chi connectivity index (χ4v) is 3.09. The lowest BCUT2D eigenvalue weighted by atomic mass is 9.95. The molecule has 7 heteroatoms. The second kappa shape index (κ2) is 7.40. The summed E-state index contributed by atoms with van der Waals surface area (Å²) in [6.07, 6.45) is 9.21. The van der Waals surface area contributed by atoms with Crippen molar-refractivity contribution in [1.29, 1.82) is 0 Å². The van der Waals surface area contributed by atoms with Gasteiger partial charge in [0, 0.05) is 18.4 Å². The van der Waals surface area contributed by atoms with Crippen molar-refractivity contribution in [3.8, 4) is 11.5 Å². The van der Waals surface area contributed by atoms with Crippen LogP contribution in [0.3, 0.4) is 0 Å². The normalized spacial score (nSPS) is 15.6. The lowest BCUT2D eigenvalue weighted by Gasteiger charge is -2.22. The Hall–Kier alpha value is -1.89. The Morgan fingerprint density at radius 1 is 1.32 bits per heavy atom. The molecule has 1 aliphatic rings. The van der Waals surface area contributed by atoms with Crippen LogP contribution in [-0.4, -0.2) is 32.9 Å². The summed E-state index contributed by atoms with van der Waals surface area (Å²) < 4.78 is 5.53. The van der Waals surface area contributed by atoms with E-state index in [4.69, 9.17) is 4.42 Å². The number of pyridine rings is 1. The molecule has 2 heterocycles. The van der Waals surface area contributed by atoms with E-state index in [1.54, 1.807) is 12.4 Å². The summed E-state index contributed by atoms with van der Waals surface area (Å²) in [5.74, 6) is 0.742. The number of amides is 1. The number of carbonyl (C=O) groups excluding carboxylic acids is 1. The van der Waals surface area contributed by atoms with E-state index in [2.05, 4.69) is 20.5 Å². The molecule has 2 aromatic rings. The summed E-state index contributed by atoms with van der Waals surface area (Å²) in [5.41, 5.74) is 0.772. The summed E-state index contributed by atoms with van der Waals surface area (Å²) in [6.45, 7) is 0. The first-order valence-corrected chi connectivity index (χ1v) is 8.46. The van der Waals surface area contributed by atoms with Gasteiger partial charge in [0.05, 0.1) is 11.3 Å². The topological polar surface area (TPSA) is 80.9 Å². The molecule has 1 fully saturated rings. The molecule has 0 radical (unpaired) electrons. The Bertz CT molecular complexity index is 611. The zero-order valence-electron chi connectivity index (χ0n) is 12.2. The maximum atomic E-state index is 11.9. The second-order valence-electron chi connectivity index (χ2n) is 5.31. The van der Waals surface area contributed by atoms with Crippen LogP contribution in [0.25, 0.3) is 11.5 Å². The van der Waals surface area contributed by atoms with Crippen molar-refractivity contribution < 1.29 is 9.21 Å². The highest BCUT2D eigenvalue weighted by Gasteiger charge is 2.16. The van der Waals surface area contributed by atoms with Crippen molar-refractivity contribution in [2.45, 2.75) is 43.4 Å². The van der Waals surface area contributed by atoms with E-state index in [-0.39, 0.29) is 5.91 Å². The number of rotatable bonds is 5. The largest absolute Gasteiger partial charge is 0.411 e. The van der Waals surface area contributed by atoms with E-state index in [0.29, 0.717) is 22.9 Å². The molecule has 1 saturated carbocycles. The van der Waals surface area contributed by atoms with Crippen LogP contribution in [0.4, 0.5) is 0 Å². The number of nitrogens with zero attached hydrogens (tertiary/aromatic N) is 3. The number of carbonyl (C=O) groups is 1. The van der Waals surface area contributed by atoms with E-state index < -0.39 is 0 Å². The molecule has 0 atom stereocenters. The summed E-state index contributed by atoms with van der Waals surface area (Å²) in [6, 6.07) is 3.99. The predicted molar refractivity (Wildman–Crippen MR) is 83.3 cm³/mol. The second-order valence-corrected chi connectivity index (χ2v) is 6.23. The van der Waals surface area contributed by atoms with Gasteiger partial charge in [-0.15, -0.1) is 10.2 Å². The van der Waals surface area contributed by atoms with Gasteiger partial charge in [0.15, 0.2) is 0 Å². The number of nitrogens with one attached hydrogen (secondary N) is 1. The Morgan fingerprint density at radius 3 is 2.95 bits per heavy atom. The highest BCUT2D eigenvalue weighted by Crippen LogP contribution is 2.22. The highest BCUT2D eigenvalue weighted by atomic mass is 32.2. The summed E-state index contributed by atoms with van der Waals surface area (Å²) in [7, 11) is 0. The molecule has 0 saturated heterocycles. The average molecular weight is 318 g/mol. The first kappa shape index (κ1) is 15.0. The predicted octanol–water partition coefficient (Wildman–Crippen LogP) is 2.67. The van der Waals surface area contributed by atoms with Crippen LogP contribution in [0.2, 0.25) is 0 Å². The van der Waals surface area contributed by atoms with Crippen LogP contribution < -0.4 is 5.32 Å². The molecule has 1 amide bonds. The zero-order valence-corrected chi connectivity index (χ0v) is 13.0. The van der Waals surface area contributed by atoms with Gasteiger partial charge in [0.2, 0.25) is 11.8 Å². The van der Waals surface area contributed by atoms with Crippen molar-refractivity contribution >= 4 is 17.7 Å². The molecule has 1 N–H and O–H groups in total. The highest BCUT2D eigenvalue weighted by molar-refractivity contribution is 7.99. The first-order chi connectivity index (χ1) is 10.8. The van der Waals surface area contributed by atoms with Crippen molar-refractivity contribution in [1.82, 2.24) is 20.5 Å². The van der Waals surface area contributed by atoms with Crippen LogP contribution in [0.5, 0.6) is 0 Å². The number of hydrogen-bond donors (Lipinski definition) is 1. The molecule has 22 heavy (non-hydrogen) atoms. The molecule has 0 unspecified atom stereocenters. The Balaban J connectivity index is 1.49. The quantitative estimate of drug-likeness (QED) is 0.854.